The number of nitrogens with zero attached hydrogens (tertiary/aromatic N) is 1. The van der Waals surface area contributed by atoms with Crippen LogP contribution >= 0.6 is 0 Å². The summed E-state index contributed by atoms with van der Waals surface area (Å²) in [6, 6.07) is 4.28. The number of aryl methyl sites for hydroxylation is 1. The molecule has 0 saturated heterocycles. The molecule has 0 N–H and O–H groups in total. The largest absolute Gasteiger partial charge is 0.343 e. The smallest absolute Gasteiger partial charge is 0.223 e. The lowest BCUT2D eigenvalue weighted by molar-refractivity contribution is -0.130. The van der Waals surface area contributed by atoms with Crippen LogP contribution < -0.4 is 0 Å². The maximum atomic E-state index is 13.1. The normalized spacial score (nSPS) is 10.3. The van der Waals surface area contributed by atoms with E-state index in [4.69, 9.17) is 0 Å². The van der Waals surface area contributed by atoms with Gasteiger partial charge in [0.1, 0.15) is 5.82 Å². The van der Waals surface area contributed by atoms with E-state index in [0.29, 0.717) is 24.2 Å². The van der Waals surface area contributed by atoms with Gasteiger partial charge in [0.05, 0.1) is 0 Å². The van der Waals surface area contributed by atoms with Crippen LogP contribution in [0.2, 0.25) is 0 Å². The molecule has 0 aliphatic rings. The molecule has 1 aromatic rings. The third kappa shape index (κ3) is 4.16. The Kier molecular flexibility index (Phi) is 5.67. The van der Waals surface area contributed by atoms with E-state index < -0.39 is 0 Å². The van der Waals surface area contributed by atoms with Crippen LogP contribution in [0.5, 0.6) is 0 Å². The van der Waals surface area contributed by atoms with Crippen molar-refractivity contribution in [2.45, 2.75) is 33.6 Å². The quantitative estimate of drug-likeness (QED) is 0.742. The molecule has 1 amide bonds. The zero-order valence-corrected chi connectivity index (χ0v) is 11.7. The van der Waals surface area contributed by atoms with Gasteiger partial charge in [-0.25, -0.2) is 4.39 Å². The molecule has 0 heterocycles. The molecule has 19 heavy (non-hydrogen) atoms. The fourth-order valence-electron chi connectivity index (χ4n) is 1.92. The topological polar surface area (TPSA) is 37.4 Å². The van der Waals surface area contributed by atoms with Gasteiger partial charge in [0.15, 0.2) is 5.78 Å². The minimum atomic E-state index is -0.323. The highest BCUT2D eigenvalue weighted by atomic mass is 19.1. The average Bonchev–Trinajstić information content (AvgIpc) is 2.40. The molecular formula is C15H20FNO2. The summed E-state index contributed by atoms with van der Waals surface area (Å²) >= 11 is 0. The van der Waals surface area contributed by atoms with Crippen molar-refractivity contribution in [1.82, 2.24) is 4.90 Å². The molecule has 0 saturated carbocycles. The molecule has 0 radical (unpaired) electrons. The number of ketones is 1. The fourth-order valence-corrected chi connectivity index (χ4v) is 1.92. The standard InChI is InChI=1S/C15H20FNO2/c1-4-17(5-2)15(19)9-8-14(18)12-6-7-13(16)11(3)10-12/h6-7,10H,4-5,8-9H2,1-3H3. The number of rotatable bonds is 6. The van der Waals surface area contributed by atoms with Crippen molar-refractivity contribution in [2.24, 2.45) is 0 Å². The van der Waals surface area contributed by atoms with Gasteiger partial charge in [-0.05, 0) is 44.5 Å². The van der Waals surface area contributed by atoms with Crippen LogP contribution in [-0.2, 0) is 4.79 Å². The summed E-state index contributed by atoms with van der Waals surface area (Å²) in [5.41, 5.74) is 0.909. The van der Waals surface area contributed by atoms with Crippen LogP contribution in [0.4, 0.5) is 4.39 Å². The van der Waals surface area contributed by atoms with E-state index in [-0.39, 0.29) is 30.3 Å². The molecule has 0 aliphatic carbocycles. The number of Topliss-reactive ketones (excluding diaryl/α,β-unsaturated/α-hetero) is 1. The van der Waals surface area contributed by atoms with Gasteiger partial charge >= 0.3 is 0 Å². The van der Waals surface area contributed by atoms with Crippen molar-refractivity contribution >= 4 is 11.7 Å². The highest BCUT2D eigenvalue weighted by molar-refractivity contribution is 5.98. The van der Waals surface area contributed by atoms with E-state index in [9.17, 15) is 14.0 Å². The molecule has 104 valence electrons. The number of benzene rings is 1. The molecule has 0 bridgehead atoms. The summed E-state index contributed by atoms with van der Waals surface area (Å²) < 4.78 is 13.1. The number of hydrogen-bond donors (Lipinski definition) is 0. The number of halogens is 1. The summed E-state index contributed by atoms with van der Waals surface area (Å²) in [6.07, 6.45) is 0.372. The van der Waals surface area contributed by atoms with Crippen molar-refractivity contribution in [3.8, 4) is 0 Å². The number of carbonyl (C=O) groups is 2. The fraction of sp³-hybridized carbons (Fsp3) is 0.467. The predicted octanol–water partition coefficient (Wildman–Crippen LogP) is 2.97. The van der Waals surface area contributed by atoms with Crippen molar-refractivity contribution in [1.29, 1.82) is 0 Å². The number of carbonyl (C=O) groups excluding carboxylic acids is 2. The highest BCUT2D eigenvalue weighted by Crippen LogP contribution is 2.12. The zero-order chi connectivity index (χ0) is 14.4. The van der Waals surface area contributed by atoms with Gasteiger partial charge in [0.25, 0.3) is 0 Å². The zero-order valence-electron chi connectivity index (χ0n) is 11.7. The molecule has 1 rings (SSSR count). The van der Waals surface area contributed by atoms with Gasteiger partial charge in [0.2, 0.25) is 5.91 Å². The van der Waals surface area contributed by atoms with E-state index in [0.717, 1.165) is 0 Å². The van der Waals surface area contributed by atoms with E-state index >= 15 is 0 Å². The Labute approximate surface area is 113 Å². The second-order valence-corrected chi connectivity index (χ2v) is 4.45. The van der Waals surface area contributed by atoms with Crippen LogP contribution in [0, 0.1) is 12.7 Å². The van der Waals surface area contributed by atoms with Gasteiger partial charge in [-0.1, -0.05) is 0 Å². The first kappa shape index (κ1) is 15.3. The number of amides is 1. The highest BCUT2D eigenvalue weighted by Gasteiger charge is 2.13. The SMILES string of the molecule is CCN(CC)C(=O)CCC(=O)c1ccc(F)c(C)c1. The Morgan fingerprint density at radius 2 is 1.79 bits per heavy atom. The molecule has 0 aliphatic heterocycles. The van der Waals surface area contributed by atoms with Crippen molar-refractivity contribution in [3.05, 3.63) is 35.1 Å². The second-order valence-electron chi connectivity index (χ2n) is 4.45. The van der Waals surface area contributed by atoms with Gasteiger partial charge < -0.3 is 4.90 Å². The van der Waals surface area contributed by atoms with Crippen molar-refractivity contribution in [2.75, 3.05) is 13.1 Å². The maximum Gasteiger partial charge on any atom is 0.223 e. The summed E-state index contributed by atoms with van der Waals surface area (Å²) in [7, 11) is 0. The first-order valence-corrected chi connectivity index (χ1v) is 6.56. The molecule has 1 aromatic carbocycles. The molecule has 4 heteroatoms. The van der Waals surface area contributed by atoms with Crippen LogP contribution in [0.3, 0.4) is 0 Å². The molecule has 0 spiro atoms. The Morgan fingerprint density at radius 3 is 2.32 bits per heavy atom. The molecule has 0 aromatic heterocycles. The van der Waals surface area contributed by atoms with Crippen LogP contribution in [0.15, 0.2) is 18.2 Å². The molecule has 0 atom stereocenters. The van der Waals surface area contributed by atoms with Crippen LogP contribution in [0.1, 0.15) is 42.6 Å². The predicted molar refractivity (Wildman–Crippen MR) is 72.6 cm³/mol. The lowest BCUT2D eigenvalue weighted by atomic mass is 10.0. The van der Waals surface area contributed by atoms with Crippen molar-refractivity contribution in [3.63, 3.8) is 0 Å². The lowest BCUT2D eigenvalue weighted by Gasteiger charge is -2.18. The minimum absolute atomic E-state index is 0.0165. The Balaban J connectivity index is 2.60. The van der Waals surface area contributed by atoms with E-state index in [1.807, 2.05) is 13.8 Å². The summed E-state index contributed by atoms with van der Waals surface area (Å²) in [5, 5.41) is 0. The average molecular weight is 265 g/mol. The summed E-state index contributed by atoms with van der Waals surface area (Å²) in [4.78, 5) is 25.4. The Hall–Kier alpha value is -1.71. The first-order valence-electron chi connectivity index (χ1n) is 6.56. The van der Waals surface area contributed by atoms with E-state index in [1.165, 1.54) is 18.2 Å². The molecule has 0 fully saturated rings. The summed E-state index contributed by atoms with van der Waals surface area (Å²) in [5.74, 6) is -0.462. The van der Waals surface area contributed by atoms with Gasteiger partial charge in [-0.15, -0.1) is 0 Å². The Morgan fingerprint density at radius 1 is 1.16 bits per heavy atom. The third-order valence-corrected chi connectivity index (χ3v) is 3.16. The Bertz CT molecular complexity index is 467. The minimum Gasteiger partial charge on any atom is -0.343 e. The van der Waals surface area contributed by atoms with Crippen LogP contribution in [0.25, 0.3) is 0 Å². The number of hydrogen-bond acceptors (Lipinski definition) is 2. The maximum absolute atomic E-state index is 13.1. The van der Waals surface area contributed by atoms with Gasteiger partial charge in [-0.2, -0.15) is 0 Å². The van der Waals surface area contributed by atoms with E-state index in [2.05, 4.69) is 0 Å². The lowest BCUT2D eigenvalue weighted by Crippen LogP contribution is -2.30. The second kappa shape index (κ2) is 7.02. The van der Waals surface area contributed by atoms with Gasteiger partial charge in [-0.3, -0.25) is 9.59 Å². The van der Waals surface area contributed by atoms with E-state index in [1.54, 1.807) is 11.8 Å². The van der Waals surface area contributed by atoms with Crippen LogP contribution in [-0.4, -0.2) is 29.7 Å². The summed E-state index contributed by atoms with van der Waals surface area (Å²) in [6.45, 7) is 6.74. The van der Waals surface area contributed by atoms with Gasteiger partial charge in [0, 0.05) is 31.5 Å². The van der Waals surface area contributed by atoms with Crippen molar-refractivity contribution < 1.29 is 14.0 Å². The first-order chi connectivity index (χ1) is 8.99. The monoisotopic (exact) mass is 265 g/mol. The molecule has 0 unspecified atom stereocenters. The molecule has 3 nitrogen and oxygen atoms in total. The third-order valence-electron chi connectivity index (χ3n) is 3.16. The molecular weight excluding hydrogens is 245 g/mol.